The lowest BCUT2D eigenvalue weighted by molar-refractivity contribution is 0.0384. The van der Waals surface area contributed by atoms with E-state index in [1.807, 2.05) is 18.2 Å². The van der Waals surface area contributed by atoms with Crippen LogP contribution in [0.4, 0.5) is 0 Å². The number of ether oxygens (including phenoxy) is 2. The van der Waals surface area contributed by atoms with Crippen molar-refractivity contribution in [1.29, 1.82) is 0 Å². The highest BCUT2D eigenvalue weighted by Gasteiger charge is 2.22. The number of benzene rings is 1. The first-order valence-electron chi connectivity index (χ1n) is 7.15. The van der Waals surface area contributed by atoms with Gasteiger partial charge in [0.25, 0.3) is 0 Å². The molecular weight excluding hydrogens is 260 g/mol. The quantitative estimate of drug-likeness (QED) is 0.558. The summed E-state index contributed by atoms with van der Waals surface area (Å²) in [6.45, 7) is 3.28. The summed E-state index contributed by atoms with van der Waals surface area (Å²) in [5.41, 5.74) is 1.23. The predicted octanol–water partition coefficient (Wildman–Crippen LogP) is 3.87. The van der Waals surface area contributed by atoms with E-state index in [0.717, 1.165) is 45.0 Å². The van der Waals surface area contributed by atoms with Crippen LogP contribution in [0.2, 0.25) is 0 Å². The molecule has 2 rings (SSSR count). The van der Waals surface area contributed by atoms with Crippen LogP contribution >= 0.6 is 11.6 Å². The molecule has 1 fully saturated rings. The van der Waals surface area contributed by atoms with Gasteiger partial charge in [0, 0.05) is 25.7 Å². The van der Waals surface area contributed by atoms with Crippen molar-refractivity contribution in [1.82, 2.24) is 0 Å². The van der Waals surface area contributed by atoms with Crippen molar-refractivity contribution < 1.29 is 9.47 Å². The standard InChI is InChI=1S/C16H23ClO2/c17-12-16(15-6-9-18-10-7-15)8-11-19-13-14-4-2-1-3-5-14/h1-5,15-16H,6-13H2. The van der Waals surface area contributed by atoms with Gasteiger partial charge in [-0.15, -0.1) is 11.6 Å². The molecule has 1 aromatic rings. The van der Waals surface area contributed by atoms with Gasteiger partial charge in [-0.05, 0) is 36.7 Å². The molecule has 0 spiro atoms. The van der Waals surface area contributed by atoms with Crippen molar-refractivity contribution in [2.24, 2.45) is 11.8 Å². The third-order valence-electron chi connectivity index (χ3n) is 3.88. The second-order valence-electron chi connectivity index (χ2n) is 5.19. The molecule has 0 radical (unpaired) electrons. The van der Waals surface area contributed by atoms with Crippen LogP contribution in [0, 0.1) is 11.8 Å². The second-order valence-corrected chi connectivity index (χ2v) is 5.50. The van der Waals surface area contributed by atoms with Gasteiger partial charge in [-0.1, -0.05) is 30.3 Å². The summed E-state index contributed by atoms with van der Waals surface area (Å²) in [5, 5.41) is 0. The first kappa shape index (κ1) is 14.8. The summed E-state index contributed by atoms with van der Waals surface area (Å²) in [5.74, 6) is 2.02. The van der Waals surface area contributed by atoms with Crippen LogP contribution in [-0.2, 0) is 16.1 Å². The van der Waals surface area contributed by atoms with Crippen LogP contribution in [0.1, 0.15) is 24.8 Å². The molecule has 19 heavy (non-hydrogen) atoms. The molecule has 1 heterocycles. The minimum Gasteiger partial charge on any atom is -0.381 e. The summed E-state index contributed by atoms with van der Waals surface area (Å²) >= 11 is 6.10. The lowest BCUT2D eigenvalue weighted by atomic mass is 9.85. The van der Waals surface area contributed by atoms with E-state index in [9.17, 15) is 0 Å². The third kappa shape index (κ3) is 5.13. The van der Waals surface area contributed by atoms with Crippen molar-refractivity contribution in [2.75, 3.05) is 25.7 Å². The van der Waals surface area contributed by atoms with Crippen LogP contribution in [0.5, 0.6) is 0 Å². The molecule has 1 atom stereocenters. The maximum Gasteiger partial charge on any atom is 0.0716 e. The third-order valence-corrected chi connectivity index (χ3v) is 4.27. The van der Waals surface area contributed by atoms with Gasteiger partial charge >= 0.3 is 0 Å². The van der Waals surface area contributed by atoms with E-state index in [1.165, 1.54) is 5.56 Å². The zero-order valence-corrected chi connectivity index (χ0v) is 12.1. The van der Waals surface area contributed by atoms with Crippen molar-refractivity contribution >= 4 is 11.6 Å². The Morgan fingerprint density at radius 3 is 2.63 bits per heavy atom. The van der Waals surface area contributed by atoms with Gasteiger partial charge in [-0.2, -0.15) is 0 Å². The molecule has 106 valence electrons. The Hall–Kier alpha value is -0.570. The zero-order valence-electron chi connectivity index (χ0n) is 11.4. The lowest BCUT2D eigenvalue weighted by Crippen LogP contribution is -2.25. The first-order valence-corrected chi connectivity index (χ1v) is 7.69. The van der Waals surface area contributed by atoms with Gasteiger partial charge in [0.1, 0.15) is 0 Å². The molecule has 2 nitrogen and oxygen atoms in total. The van der Waals surface area contributed by atoms with E-state index in [0.29, 0.717) is 18.4 Å². The highest BCUT2D eigenvalue weighted by molar-refractivity contribution is 6.18. The SMILES string of the molecule is ClCC(CCOCc1ccccc1)C1CCOCC1. The average molecular weight is 283 g/mol. The molecule has 0 saturated carbocycles. The highest BCUT2D eigenvalue weighted by Crippen LogP contribution is 2.27. The van der Waals surface area contributed by atoms with E-state index in [1.54, 1.807) is 0 Å². The summed E-state index contributed by atoms with van der Waals surface area (Å²) in [7, 11) is 0. The molecule has 1 aromatic carbocycles. The average Bonchev–Trinajstić information content (AvgIpc) is 2.49. The van der Waals surface area contributed by atoms with Gasteiger partial charge in [-0.3, -0.25) is 0 Å². The Labute approximate surface area is 121 Å². The maximum atomic E-state index is 6.10. The van der Waals surface area contributed by atoms with Crippen molar-refractivity contribution in [3.8, 4) is 0 Å². The first-order chi connectivity index (χ1) is 9.40. The number of hydrogen-bond acceptors (Lipinski definition) is 2. The molecule has 1 unspecified atom stereocenters. The molecule has 1 aliphatic rings. The van der Waals surface area contributed by atoms with Gasteiger partial charge in [-0.25, -0.2) is 0 Å². The molecule has 0 aliphatic carbocycles. The van der Waals surface area contributed by atoms with Crippen LogP contribution in [0.3, 0.4) is 0 Å². The van der Waals surface area contributed by atoms with Crippen LogP contribution < -0.4 is 0 Å². The topological polar surface area (TPSA) is 18.5 Å². The minimum absolute atomic E-state index is 0.571. The molecule has 3 heteroatoms. The minimum atomic E-state index is 0.571. The Balaban J connectivity index is 1.65. The fraction of sp³-hybridized carbons (Fsp3) is 0.625. The van der Waals surface area contributed by atoms with E-state index >= 15 is 0 Å². The summed E-state index contributed by atoms with van der Waals surface area (Å²) in [6, 6.07) is 10.3. The smallest absolute Gasteiger partial charge is 0.0716 e. The fourth-order valence-corrected chi connectivity index (χ4v) is 3.03. The summed E-state index contributed by atoms with van der Waals surface area (Å²) in [6.07, 6.45) is 3.35. The molecule has 0 N–H and O–H groups in total. The number of halogens is 1. The molecule has 1 saturated heterocycles. The normalized spacial score (nSPS) is 18.4. The van der Waals surface area contributed by atoms with Gasteiger partial charge in [0.15, 0.2) is 0 Å². The lowest BCUT2D eigenvalue weighted by Gasteiger charge is -2.29. The number of alkyl halides is 1. The molecule has 0 bridgehead atoms. The molecular formula is C16H23ClO2. The van der Waals surface area contributed by atoms with E-state index in [2.05, 4.69) is 12.1 Å². The Kier molecular flexibility index (Phi) is 6.69. The zero-order chi connectivity index (χ0) is 13.3. The Bertz CT molecular complexity index is 336. The molecule has 0 aromatic heterocycles. The monoisotopic (exact) mass is 282 g/mol. The van der Waals surface area contributed by atoms with Gasteiger partial charge in [0.2, 0.25) is 0 Å². The van der Waals surface area contributed by atoms with Crippen LogP contribution in [0.25, 0.3) is 0 Å². The largest absolute Gasteiger partial charge is 0.381 e. The van der Waals surface area contributed by atoms with E-state index < -0.39 is 0 Å². The van der Waals surface area contributed by atoms with Crippen molar-refractivity contribution in [3.05, 3.63) is 35.9 Å². The molecule has 0 amide bonds. The Morgan fingerprint density at radius 1 is 1.21 bits per heavy atom. The number of hydrogen-bond donors (Lipinski definition) is 0. The van der Waals surface area contributed by atoms with Gasteiger partial charge in [0.05, 0.1) is 6.61 Å². The van der Waals surface area contributed by atoms with Gasteiger partial charge < -0.3 is 9.47 Å². The summed E-state index contributed by atoms with van der Waals surface area (Å²) in [4.78, 5) is 0. The highest BCUT2D eigenvalue weighted by atomic mass is 35.5. The van der Waals surface area contributed by atoms with Crippen molar-refractivity contribution in [3.63, 3.8) is 0 Å². The van der Waals surface area contributed by atoms with Crippen LogP contribution in [-0.4, -0.2) is 25.7 Å². The second kappa shape index (κ2) is 8.57. The maximum absolute atomic E-state index is 6.10. The van der Waals surface area contributed by atoms with E-state index in [4.69, 9.17) is 21.1 Å². The predicted molar refractivity (Wildman–Crippen MR) is 78.5 cm³/mol. The summed E-state index contributed by atoms with van der Waals surface area (Å²) < 4.78 is 11.2. The van der Waals surface area contributed by atoms with Crippen LogP contribution in [0.15, 0.2) is 30.3 Å². The fourth-order valence-electron chi connectivity index (χ4n) is 2.63. The van der Waals surface area contributed by atoms with Crippen molar-refractivity contribution in [2.45, 2.75) is 25.9 Å². The number of rotatable bonds is 7. The molecule has 1 aliphatic heterocycles. The Morgan fingerprint density at radius 2 is 1.95 bits per heavy atom. The van der Waals surface area contributed by atoms with E-state index in [-0.39, 0.29) is 0 Å².